The molecule has 2 atom stereocenters. The van der Waals surface area contributed by atoms with E-state index in [0.29, 0.717) is 32.7 Å². The molecule has 0 bridgehead atoms. The van der Waals surface area contributed by atoms with Crippen LogP contribution in [0.1, 0.15) is 37.3 Å². The summed E-state index contributed by atoms with van der Waals surface area (Å²) in [6.07, 6.45) is 3.59. The van der Waals surface area contributed by atoms with Crippen molar-refractivity contribution in [3.05, 3.63) is 42.0 Å². The van der Waals surface area contributed by atoms with E-state index < -0.39 is 0 Å². The van der Waals surface area contributed by atoms with Gasteiger partial charge in [-0.15, -0.1) is 0 Å². The Morgan fingerprint density at radius 2 is 2.00 bits per heavy atom. The number of nitrogens with zero attached hydrogens (tertiary/aromatic N) is 1. The van der Waals surface area contributed by atoms with Gasteiger partial charge in [0.1, 0.15) is 12.4 Å². The number of carbonyl (C=O) groups is 2. The van der Waals surface area contributed by atoms with Crippen LogP contribution in [0.5, 0.6) is 5.75 Å². The number of amides is 2. The van der Waals surface area contributed by atoms with E-state index in [0.717, 1.165) is 29.7 Å². The highest BCUT2D eigenvalue weighted by atomic mass is 16.5. The minimum absolute atomic E-state index is 0.0177. The standard InChI is InChI=1S/C23H32N2O4/c1-5-20(26)25-11-9-23(10-12-25)13-19(15-29-23)22(27)24-18(4)14-28-21-16(2)7-6-8-17(21)3/h5-8,18-19H,1,9-15H2,2-4H3,(H,24,27). The van der Waals surface area contributed by atoms with Crippen molar-refractivity contribution in [2.75, 3.05) is 26.3 Å². The maximum atomic E-state index is 12.7. The van der Waals surface area contributed by atoms with Crippen LogP contribution in [0.2, 0.25) is 0 Å². The molecule has 0 radical (unpaired) electrons. The second-order valence-electron chi connectivity index (χ2n) is 8.37. The van der Waals surface area contributed by atoms with Crippen molar-refractivity contribution in [1.29, 1.82) is 0 Å². The van der Waals surface area contributed by atoms with Gasteiger partial charge in [0.15, 0.2) is 0 Å². The molecule has 2 amide bonds. The third-order valence-corrected chi connectivity index (χ3v) is 6.02. The van der Waals surface area contributed by atoms with Crippen LogP contribution in [0.25, 0.3) is 0 Å². The number of hydrogen-bond acceptors (Lipinski definition) is 4. The first kappa shape index (κ1) is 21.4. The largest absolute Gasteiger partial charge is 0.491 e. The molecule has 2 fully saturated rings. The fourth-order valence-corrected chi connectivity index (χ4v) is 4.26. The van der Waals surface area contributed by atoms with Crippen LogP contribution in [0.15, 0.2) is 30.9 Å². The average Bonchev–Trinajstić information content (AvgIpc) is 3.11. The van der Waals surface area contributed by atoms with Crippen molar-refractivity contribution in [2.24, 2.45) is 5.92 Å². The summed E-state index contributed by atoms with van der Waals surface area (Å²) in [6, 6.07) is 5.96. The summed E-state index contributed by atoms with van der Waals surface area (Å²) in [4.78, 5) is 26.3. The van der Waals surface area contributed by atoms with Crippen molar-refractivity contribution in [2.45, 2.75) is 51.7 Å². The Labute approximate surface area is 173 Å². The maximum absolute atomic E-state index is 12.7. The summed E-state index contributed by atoms with van der Waals surface area (Å²) in [5.74, 6) is 0.714. The fraction of sp³-hybridized carbons (Fsp3) is 0.565. The molecule has 6 heteroatoms. The molecule has 2 unspecified atom stereocenters. The second kappa shape index (κ2) is 8.99. The van der Waals surface area contributed by atoms with E-state index in [1.165, 1.54) is 6.08 Å². The number of nitrogens with one attached hydrogen (secondary N) is 1. The molecule has 3 rings (SSSR count). The lowest BCUT2D eigenvalue weighted by Crippen LogP contribution is -2.46. The van der Waals surface area contributed by atoms with Gasteiger partial charge in [0, 0.05) is 13.1 Å². The molecule has 0 aliphatic carbocycles. The van der Waals surface area contributed by atoms with Crippen molar-refractivity contribution in [3.8, 4) is 5.75 Å². The Hall–Kier alpha value is -2.34. The molecular formula is C23H32N2O4. The highest BCUT2D eigenvalue weighted by molar-refractivity contribution is 5.87. The molecule has 2 saturated heterocycles. The van der Waals surface area contributed by atoms with Crippen molar-refractivity contribution in [1.82, 2.24) is 10.2 Å². The summed E-state index contributed by atoms with van der Waals surface area (Å²) in [5, 5.41) is 3.07. The van der Waals surface area contributed by atoms with Crippen LogP contribution in [-0.4, -0.2) is 54.7 Å². The molecule has 1 aromatic rings. The first-order valence-electron chi connectivity index (χ1n) is 10.4. The van der Waals surface area contributed by atoms with Crippen LogP contribution in [0.3, 0.4) is 0 Å². The number of rotatable bonds is 6. The Balaban J connectivity index is 1.47. The molecular weight excluding hydrogens is 368 g/mol. The molecule has 2 heterocycles. The lowest BCUT2D eigenvalue weighted by atomic mass is 9.85. The quantitative estimate of drug-likeness (QED) is 0.746. The molecule has 1 spiro atoms. The number of likely N-dealkylation sites (tertiary alicyclic amines) is 1. The number of aryl methyl sites for hydroxylation is 2. The van der Waals surface area contributed by atoms with Crippen LogP contribution in [0, 0.1) is 19.8 Å². The molecule has 1 aromatic carbocycles. The number of benzene rings is 1. The molecule has 1 N–H and O–H groups in total. The maximum Gasteiger partial charge on any atom is 0.245 e. The van der Waals surface area contributed by atoms with E-state index in [9.17, 15) is 9.59 Å². The lowest BCUT2D eigenvalue weighted by molar-refractivity contribution is -0.130. The number of hydrogen-bond donors (Lipinski definition) is 1. The molecule has 29 heavy (non-hydrogen) atoms. The smallest absolute Gasteiger partial charge is 0.245 e. The van der Waals surface area contributed by atoms with E-state index in [4.69, 9.17) is 9.47 Å². The third kappa shape index (κ3) is 4.99. The Bertz CT molecular complexity index is 748. The summed E-state index contributed by atoms with van der Waals surface area (Å²) in [5.41, 5.74) is 1.91. The van der Waals surface area contributed by atoms with E-state index in [2.05, 4.69) is 11.9 Å². The van der Waals surface area contributed by atoms with Gasteiger partial charge in [-0.25, -0.2) is 0 Å². The van der Waals surface area contributed by atoms with Gasteiger partial charge in [-0.2, -0.15) is 0 Å². The summed E-state index contributed by atoms with van der Waals surface area (Å²) in [7, 11) is 0. The van der Waals surface area contributed by atoms with Crippen molar-refractivity contribution >= 4 is 11.8 Å². The van der Waals surface area contributed by atoms with E-state index in [1.807, 2.05) is 39.0 Å². The van der Waals surface area contributed by atoms with Gasteiger partial charge in [0.2, 0.25) is 11.8 Å². The number of carbonyl (C=O) groups excluding carboxylic acids is 2. The van der Waals surface area contributed by atoms with E-state index in [1.54, 1.807) is 4.90 Å². The van der Waals surface area contributed by atoms with Crippen molar-refractivity contribution in [3.63, 3.8) is 0 Å². The normalized spacial score (nSPS) is 21.6. The zero-order chi connectivity index (χ0) is 21.0. The first-order chi connectivity index (χ1) is 13.8. The molecule has 0 aromatic heterocycles. The number of piperidine rings is 1. The summed E-state index contributed by atoms with van der Waals surface area (Å²) < 4.78 is 12.0. The van der Waals surface area contributed by atoms with Crippen molar-refractivity contribution < 1.29 is 19.1 Å². The molecule has 0 saturated carbocycles. The monoisotopic (exact) mass is 400 g/mol. The van der Waals surface area contributed by atoms with E-state index >= 15 is 0 Å². The zero-order valence-corrected chi connectivity index (χ0v) is 17.7. The Kier molecular flexibility index (Phi) is 6.63. The summed E-state index contributed by atoms with van der Waals surface area (Å²) in [6.45, 7) is 11.7. The second-order valence-corrected chi connectivity index (χ2v) is 8.37. The fourth-order valence-electron chi connectivity index (χ4n) is 4.26. The first-order valence-corrected chi connectivity index (χ1v) is 10.4. The van der Waals surface area contributed by atoms with Gasteiger partial charge in [-0.1, -0.05) is 24.8 Å². The topological polar surface area (TPSA) is 67.9 Å². The Morgan fingerprint density at radius 1 is 1.34 bits per heavy atom. The van der Waals surface area contributed by atoms with E-state index in [-0.39, 0.29) is 29.4 Å². The summed E-state index contributed by atoms with van der Waals surface area (Å²) >= 11 is 0. The van der Waals surface area contributed by atoms with Crippen LogP contribution < -0.4 is 10.1 Å². The van der Waals surface area contributed by atoms with Gasteiger partial charge in [0.05, 0.1) is 24.2 Å². The number of para-hydroxylation sites is 1. The van der Waals surface area contributed by atoms with Gasteiger partial charge in [-0.3, -0.25) is 9.59 Å². The minimum Gasteiger partial charge on any atom is -0.491 e. The van der Waals surface area contributed by atoms with Crippen LogP contribution in [-0.2, 0) is 14.3 Å². The third-order valence-electron chi connectivity index (χ3n) is 6.02. The molecule has 6 nitrogen and oxygen atoms in total. The van der Waals surface area contributed by atoms with Gasteiger partial charge in [-0.05, 0) is 57.2 Å². The van der Waals surface area contributed by atoms with Gasteiger partial charge < -0.3 is 19.7 Å². The zero-order valence-electron chi connectivity index (χ0n) is 17.7. The number of ether oxygens (including phenoxy) is 2. The average molecular weight is 401 g/mol. The minimum atomic E-state index is -0.280. The van der Waals surface area contributed by atoms with Crippen LogP contribution in [0.4, 0.5) is 0 Å². The predicted octanol–water partition coefficient (Wildman–Crippen LogP) is 2.77. The van der Waals surface area contributed by atoms with Gasteiger partial charge in [0.25, 0.3) is 0 Å². The van der Waals surface area contributed by atoms with Crippen LogP contribution >= 0.6 is 0 Å². The molecule has 2 aliphatic rings. The Morgan fingerprint density at radius 3 is 2.62 bits per heavy atom. The highest BCUT2D eigenvalue weighted by Crippen LogP contribution is 2.38. The van der Waals surface area contributed by atoms with Gasteiger partial charge >= 0.3 is 0 Å². The molecule has 158 valence electrons. The lowest BCUT2D eigenvalue weighted by Gasteiger charge is -2.38. The predicted molar refractivity (Wildman–Crippen MR) is 112 cm³/mol. The highest BCUT2D eigenvalue weighted by Gasteiger charge is 2.45. The SMILES string of the molecule is C=CC(=O)N1CCC2(CC1)CC(C(=O)NC(C)COc1c(C)cccc1C)CO2. The molecule has 2 aliphatic heterocycles.